The first-order valence-corrected chi connectivity index (χ1v) is 7.05. The molecule has 8 heteroatoms. The number of nitrogens with zero attached hydrogens (tertiary/aromatic N) is 2. The van der Waals surface area contributed by atoms with Gasteiger partial charge in [-0.3, -0.25) is 10.1 Å². The van der Waals surface area contributed by atoms with Crippen LogP contribution in [-0.2, 0) is 9.53 Å². The maximum absolute atomic E-state index is 11.8. The number of aliphatic hydroxyl groups is 1. The van der Waals surface area contributed by atoms with E-state index in [4.69, 9.17) is 0 Å². The molecule has 0 bridgehead atoms. The van der Waals surface area contributed by atoms with E-state index < -0.39 is 12.0 Å². The van der Waals surface area contributed by atoms with Crippen LogP contribution >= 0.6 is 22.6 Å². The van der Waals surface area contributed by atoms with Gasteiger partial charge >= 0.3 is 6.09 Å². The van der Waals surface area contributed by atoms with Crippen LogP contribution in [0.5, 0.6) is 0 Å². The van der Waals surface area contributed by atoms with E-state index in [0.29, 0.717) is 5.82 Å². The number of allylic oxidation sites excluding steroid dienone is 1. The fourth-order valence-electron chi connectivity index (χ4n) is 1.22. The molecule has 0 spiro atoms. The summed E-state index contributed by atoms with van der Waals surface area (Å²) in [5, 5.41) is 11.5. The number of carbonyl (C=O) groups is 2. The molecule has 0 aliphatic carbocycles. The number of aromatic nitrogens is 1. The Morgan fingerprint density at radius 3 is 2.76 bits per heavy atom. The molecule has 0 fully saturated rings. The Bertz CT molecular complexity index is 578. The molecule has 112 valence electrons. The van der Waals surface area contributed by atoms with Crippen LogP contribution < -0.4 is 5.32 Å². The fourth-order valence-corrected chi connectivity index (χ4v) is 1.54. The van der Waals surface area contributed by atoms with E-state index in [9.17, 15) is 14.7 Å². The van der Waals surface area contributed by atoms with Gasteiger partial charge in [0.05, 0.1) is 12.2 Å². The number of hydrogen-bond donors (Lipinski definition) is 2. The molecule has 1 aromatic rings. The van der Waals surface area contributed by atoms with Gasteiger partial charge in [0, 0.05) is 16.0 Å². The monoisotopic (exact) mass is 403 g/mol. The van der Waals surface area contributed by atoms with Crippen LogP contribution in [0.15, 0.2) is 34.7 Å². The molecule has 0 saturated heterocycles. The lowest BCUT2D eigenvalue weighted by atomic mass is 10.2. The van der Waals surface area contributed by atoms with Crippen molar-refractivity contribution in [2.24, 2.45) is 4.99 Å². The van der Waals surface area contributed by atoms with Gasteiger partial charge in [-0.2, -0.15) is 0 Å². The van der Waals surface area contributed by atoms with Gasteiger partial charge in [0.1, 0.15) is 5.76 Å². The lowest BCUT2D eigenvalue weighted by Crippen LogP contribution is -2.33. The Labute approximate surface area is 135 Å². The molecular weight excluding hydrogens is 389 g/mol. The van der Waals surface area contributed by atoms with Crippen LogP contribution in [-0.4, -0.2) is 34.9 Å². The third-order valence-corrected chi connectivity index (χ3v) is 2.80. The normalized spacial score (nSPS) is 12.0. The number of amides is 2. The average molecular weight is 403 g/mol. The Morgan fingerprint density at radius 2 is 2.24 bits per heavy atom. The zero-order valence-electron chi connectivity index (χ0n) is 11.5. The maximum Gasteiger partial charge on any atom is 0.414 e. The van der Waals surface area contributed by atoms with E-state index in [1.54, 1.807) is 25.3 Å². The molecule has 0 aliphatic rings. The molecule has 0 aromatic carbocycles. The highest BCUT2D eigenvalue weighted by atomic mass is 127. The molecule has 2 amide bonds. The second kappa shape index (κ2) is 8.35. The zero-order chi connectivity index (χ0) is 15.8. The molecule has 1 aromatic heterocycles. The van der Waals surface area contributed by atoms with Gasteiger partial charge < -0.3 is 9.84 Å². The molecule has 0 saturated carbocycles. The smallest absolute Gasteiger partial charge is 0.414 e. The van der Waals surface area contributed by atoms with Gasteiger partial charge in [0.2, 0.25) is 0 Å². The Balaban J connectivity index is 2.84. The van der Waals surface area contributed by atoms with Crippen molar-refractivity contribution in [3.8, 4) is 0 Å². The number of alkyl carbamates (subject to hydrolysis) is 1. The van der Waals surface area contributed by atoms with Gasteiger partial charge in [-0.25, -0.2) is 14.8 Å². The minimum Gasteiger partial charge on any atom is -0.512 e. The lowest BCUT2D eigenvalue weighted by Gasteiger charge is -2.05. The van der Waals surface area contributed by atoms with Crippen molar-refractivity contribution in [3.63, 3.8) is 0 Å². The number of pyridine rings is 1. The lowest BCUT2D eigenvalue weighted by molar-refractivity contribution is -0.116. The zero-order valence-corrected chi connectivity index (χ0v) is 13.6. The summed E-state index contributed by atoms with van der Waals surface area (Å²) in [6.07, 6.45) is 1.86. The SMILES string of the molecule is CCOC(=O)NC(=O)/C(C=Nc1ccc(I)cn1)=C(\C)O. The highest BCUT2D eigenvalue weighted by molar-refractivity contribution is 14.1. The van der Waals surface area contributed by atoms with Crippen molar-refractivity contribution < 1.29 is 19.4 Å². The Kier molecular flexibility index (Phi) is 6.79. The Hall–Kier alpha value is -1.97. The molecule has 0 atom stereocenters. The van der Waals surface area contributed by atoms with Crippen LogP contribution in [0.1, 0.15) is 13.8 Å². The van der Waals surface area contributed by atoms with Crippen molar-refractivity contribution in [1.82, 2.24) is 10.3 Å². The van der Waals surface area contributed by atoms with Crippen molar-refractivity contribution in [1.29, 1.82) is 0 Å². The maximum atomic E-state index is 11.8. The molecule has 1 rings (SSSR count). The highest BCUT2D eigenvalue weighted by Crippen LogP contribution is 2.10. The Morgan fingerprint density at radius 1 is 1.52 bits per heavy atom. The van der Waals surface area contributed by atoms with E-state index >= 15 is 0 Å². The number of aliphatic hydroxyl groups excluding tert-OH is 1. The summed E-state index contributed by atoms with van der Waals surface area (Å²) >= 11 is 2.10. The number of nitrogens with one attached hydrogen (secondary N) is 1. The predicted octanol–water partition coefficient (Wildman–Crippen LogP) is 2.49. The van der Waals surface area contributed by atoms with E-state index in [0.717, 1.165) is 9.78 Å². The number of rotatable bonds is 4. The van der Waals surface area contributed by atoms with E-state index in [-0.39, 0.29) is 17.9 Å². The number of aliphatic imine (C=N–C) groups is 1. The fraction of sp³-hybridized carbons (Fsp3) is 0.231. The molecular formula is C13H14IN3O4. The highest BCUT2D eigenvalue weighted by Gasteiger charge is 2.15. The summed E-state index contributed by atoms with van der Waals surface area (Å²) in [5.41, 5.74) is -0.150. The molecule has 0 radical (unpaired) electrons. The first kappa shape index (κ1) is 17.1. The van der Waals surface area contributed by atoms with Crippen molar-refractivity contribution >= 4 is 46.6 Å². The molecule has 21 heavy (non-hydrogen) atoms. The summed E-state index contributed by atoms with van der Waals surface area (Å²) in [6, 6.07) is 3.46. The number of ether oxygens (including phenoxy) is 1. The van der Waals surface area contributed by atoms with Gasteiger partial charge in [0.25, 0.3) is 5.91 Å². The standard InChI is InChI=1S/C13H14IN3O4/c1-3-21-13(20)17-12(19)10(8(2)18)7-16-11-5-4-9(14)6-15-11/h4-7,18H,3H2,1-2H3,(H,17,19,20)/b10-8+,16-7?. The number of hydrogen-bond acceptors (Lipinski definition) is 6. The van der Waals surface area contributed by atoms with Crippen LogP contribution in [0, 0.1) is 3.57 Å². The van der Waals surface area contributed by atoms with Crippen molar-refractivity contribution in [3.05, 3.63) is 33.2 Å². The summed E-state index contributed by atoms with van der Waals surface area (Å²) < 4.78 is 5.53. The van der Waals surface area contributed by atoms with Gasteiger partial charge in [0.15, 0.2) is 5.82 Å². The second-order valence-corrected chi connectivity index (χ2v) is 5.01. The van der Waals surface area contributed by atoms with E-state index in [2.05, 4.69) is 37.3 Å². The molecule has 7 nitrogen and oxygen atoms in total. The van der Waals surface area contributed by atoms with Crippen LogP contribution in [0.4, 0.5) is 10.6 Å². The third-order valence-electron chi connectivity index (χ3n) is 2.16. The quantitative estimate of drug-likeness (QED) is 0.348. The largest absolute Gasteiger partial charge is 0.512 e. The molecule has 1 heterocycles. The van der Waals surface area contributed by atoms with Gasteiger partial charge in [-0.15, -0.1) is 0 Å². The molecule has 2 N–H and O–H groups in total. The first-order valence-electron chi connectivity index (χ1n) is 5.97. The van der Waals surface area contributed by atoms with Crippen LogP contribution in [0.25, 0.3) is 0 Å². The predicted molar refractivity (Wildman–Crippen MR) is 85.6 cm³/mol. The topological polar surface area (TPSA) is 101 Å². The van der Waals surface area contributed by atoms with Crippen molar-refractivity contribution in [2.75, 3.05) is 6.61 Å². The van der Waals surface area contributed by atoms with Gasteiger partial charge in [-0.05, 0) is 48.6 Å². The average Bonchev–Trinajstić information content (AvgIpc) is 2.40. The van der Waals surface area contributed by atoms with Crippen LogP contribution in [0.3, 0.4) is 0 Å². The van der Waals surface area contributed by atoms with E-state index in [1.807, 2.05) is 5.32 Å². The molecule has 0 unspecified atom stereocenters. The molecule has 0 aliphatic heterocycles. The number of halogens is 1. The minimum atomic E-state index is -0.887. The minimum absolute atomic E-state index is 0.136. The van der Waals surface area contributed by atoms with E-state index in [1.165, 1.54) is 6.92 Å². The van der Waals surface area contributed by atoms with Crippen molar-refractivity contribution in [2.45, 2.75) is 13.8 Å². The number of imide groups is 1. The number of carbonyl (C=O) groups excluding carboxylic acids is 2. The summed E-state index contributed by atoms with van der Waals surface area (Å²) in [6.45, 7) is 3.06. The summed E-state index contributed by atoms with van der Waals surface area (Å²) in [4.78, 5) is 31.0. The first-order chi connectivity index (χ1) is 9.93. The van der Waals surface area contributed by atoms with Crippen LogP contribution in [0.2, 0.25) is 0 Å². The summed E-state index contributed by atoms with van der Waals surface area (Å²) in [5.74, 6) is -0.702. The second-order valence-electron chi connectivity index (χ2n) is 3.77. The van der Waals surface area contributed by atoms with Gasteiger partial charge in [-0.1, -0.05) is 0 Å². The summed E-state index contributed by atoms with van der Waals surface area (Å²) in [7, 11) is 0. The third kappa shape index (κ3) is 5.90.